The van der Waals surface area contributed by atoms with Gasteiger partial charge in [0, 0.05) is 31.6 Å². The Bertz CT molecular complexity index is 613. The zero-order chi connectivity index (χ0) is 17.6. The summed E-state index contributed by atoms with van der Waals surface area (Å²) in [5.74, 6) is -0.816. The van der Waals surface area contributed by atoms with E-state index in [0.717, 1.165) is 30.9 Å². The van der Waals surface area contributed by atoms with Crippen molar-refractivity contribution in [3.8, 4) is 5.75 Å². The normalized spacial score (nSPS) is 21.5. The molecule has 0 bridgehead atoms. The maximum Gasteiger partial charge on any atom is 0.308 e. The number of hydrogen-bond acceptors (Lipinski definition) is 4. The SMILES string of the molecule is O=C(O)C1CC(=O)N(Cc2ccccc2OCCN2CCCCC2)C1. The minimum atomic E-state index is -0.901. The van der Waals surface area contributed by atoms with E-state index < -0.39 is 11.9 Å². The van der Waals surface area contributed by atoms with Crippen LogP contribution in [0, 0.1) is 5.92 Å². The van der Waals surface area contributed by atoms with Crippen molar-refractivity contribution in [3.05, 3.63) is 29.8 Å². The van der Waals surface area contributed by atoms with Gasteiger partial charge in [-0.2, -0.15) is 0 Å². The van der Waals surface area contributed by atoms with Gasteiger partial charge in [-0.05, 0) is 32.0 Å². The maximum absolute atomic E-state index is 12.0. The molecule has 1 aromatic carbocycles. The molecule has 2 heterocycles. The molecule has 6 heteroatoms. The molecule has 0 aromatic heterocycles. The van der Waals surface area contributed by atoms with Crippen LogP contribution >= 0.6 is 0 Å². The highest BCUT2D eigenvalue weighted by atomic mass is 16.5. The second kappa shape index (κ2) is 8.34. The number of carbonyl (C=O) groups excluding carboxylic acids is 1. The first kappa shape index (κ1) is 17.7. The molecule has 1 unspecified atom stereocenters. The lowest BCUT2D eigenvalue weighted by molar-refractivity contribution is -0.141. The summed E-state index contributed by atoms with van der Waals surface area (Å²) in [5, 5.41) is 9.10. The largest absolute Gasteiger partial charge is 0.492 e. The quantitative estimate of drug-likeness (QED) is 0.817. The Morgan fingerprint density at radius 3 is 2.68 bits per heavy atom. The number of nitrogens with zero attached hydrogens (tertiary/aromatic N) is 2. The van der Waals surface area contributed by atoms with Gasteiger partial charge in [0.05, 0.1) is 5.92 Å². The smallest absolute Gasteiger partial charge is 0.308 e. The number of carboxylic acid groups (broad SMARTS) is 1. The molecule has 2 aliphatic heterocycles. The number of carboxylic acids is 1. The molecule has 1 atom stereocenters. The highest BCUT2D eigenvalue weighted by Crippen LogP contribution is 2.25. The summed E-state index contributed by atoms with van der Waals surface area (Å²) < 4.78 is 5.96. The van der Waals surface area contributed by atoms with Crippen LogP contribution in [0.2, 0.25) is 0 Å². The lowest BCUT2D eigenvalue weighted by Crippen LogP contribution is -2.33. The first-order valence-electron chi connectivity index (χ1n) is 9.07. The van der Waals surface area contributed by atoms with Gasteiger partial charge >= 0.3 is 5.97 Å². The van der Waals surface area contributed by atoms with Gasteiger partial charge in [0.2, 0.25) is 5.91 Å². The molecule has 6 nitrogen and oxygen atoms in total. The van der Waals surface area contributed by atoms with E-state index in [-0.39, 0.29) is 18.9 Å². The molecular formula is C19H26N2O4. The molecule has 0 saturated carbocycles. The van der Waals surface area contributed by atoms with Crippen LogP contribution in [0.5, 0.6) is 5.75 Å². The second-order valence-corrected chi connectivity index (χ2v) is 6.87. The maximum atomic E-state index is 12.0. The van der Waals surface area contributed by atoms with E-state index in [9.17, 15) is 9.59 Å². The van der Waals surface area contributed by atoms with E-state index in [2.05, 4.69) is 4.90 Å². The van der Waals surface area contributed by atoms with E-state index in [0.29, 0.717) is 13.2 Å². The summed E-state index contributed by atoms with van der Waals surface area (Å²) in [7, 11) is 0. The van der Waals surface area contributed by atoms with Crippen LogP contribution in [-0.2, 0) is 16.1 Å². The number of benzene rings is 1. The Morgan fingerprint density at radius 2 is 1.96 bits per heavy atom. The van der Waals surface area contributed by atoms with Crippen molar-refractivity contribution in [2.45, 2.75) is 32.2 Å². The van der Waals surface area contributed by atoms with Crippen LogP contribution in [0.3, 0.4) is 0 Å². The van der Waals surface area contributed by atoms with Crippen molar-refractivity contribution in [2.75, 3.05) is 32.8 Å². The lowest BCUT2D eigenvalue weighted by Gasteiger charge is -2.26. The van der Waals surface area contributed by atoms with E-state index in [1.165, 1.54) is 19.3 Å². The number of carbonyl (C=O) groups is 2. The van der Waals surface area contributed by atoms with Crippen LogP contribution < -0.4 is 4.74 Å². The van der Waals surface area contributed by atoms with Crippen LogP contribution in [0.4, 0.5) is 0 Å². The molecule has 0 spiro atoms. The topological polar surface area (TPSA) is 70.1 Å². The van der Waals surface area contributed by atoms with Gasteiger partial charge in [0.1, 0.15) is 12.4 Å². The fourth-order valence-corrected chi connectivity index (χ4v) is 3.54. The summed E-state index contributed by atoms with van der Waals surface area (Å²) in [4.78, 5) is 27.2. The summed E-state index contributed by atoms with van der Waals surface area (Å²) in [5.41, 5.74) is 0.931. The Hall–Kier alpha value is -2.08. The standard InChI is InChI=1S/C19H26N2O4/c22-18-12-16(19(23)24)14-21(18)13-15-6-2-3-7-17(15)25-11-10-20-8-4-1-5-9-20/h2-3,6-7,16H,1,4-5,8-14H2,(H,23,24). The molecule has 2 saturated heterocycles. The van der Waals surface area contributed by atoms with Crippen LogP contribution in [0.15, 0.2) is 24.3 Å². The van der Waals surface area contributed by atoms with Crippen LogP contribution in [0.1, 0.15) is 31.2 Å². The minimum absolute atomic E-state index is 0.0906. The third-order valence-corrected chi connectivity index (χ3v) is 5.01. The number of rotatable bonds is 7. The number of para-hydroxylation sites is 1. The van der Waals surface area contributed by atoms with Crippen molar-refractivity contribution >= 4 is 11.9 Å². The van der Waals surface area contributed by atoms with Crippen molar-refractivity contribution in [1.82, 2.24) is 9.80 Å². The number of ether oxygens (including phenoxy) is 1. The van der Waals surface area contributed by atoms with Gasteiger partial charge in [-0.1, -0.05) is 24.6 Å². The van der Waals surface area contributed by atoms with Crippen molar-refractivity contribution in [1.29, 1.82) is 0 Å². The van der Waals surface area contributed by atoms with Crippen molar-refractivity contribution in [3.63, 3.8) is 0 Å². The fourth-order valence-electron chi connectivity index (χ4n) is 3.54. The fraction of sp³-hybridized carbons (Fsp3) is 0.579. The summed E-state index contributed by atoms with van der Waals surface area (Å²) >= 11 is 0. The van der Waals surface area contributed by atoms with Gasteiger partial charge in [0.25, 0.3) is 0 Å². The Kier molecular flexibility index (Phi) is 5.91. The monoisotopic (exact) mass is 346 g/mol. The molecule has 2 aliphatic rings. The predicted molar refractivity (Wildman–Crippen MR) is 93.4 cm³/mol. The number of likely N-dealkylation sites (tertiary alicyclic amines) is 2. The van der Waals surface area contributed by atoms with Crippen molar-refractivity contribution in [2.24, 2.45) is 5.92 Å². The summed E-state index contributed by atoms with van der Waals surface area (Å²) in [6.45, 7) is 4.51. The third-order valence-electron chi connectivity index (χ3n) is 5.01. The molecule has 1 aromatic rings. The molecule has 1 N–H and O–H groups in total. The van der Waals surface area contributed by atoms with Gasteiger partial charge in [0.15, 0.2) is 0 Å². The highest BCUT2D eigenvalue weighted by Gasteiger charge is 2.34. The summed E-state index contributed by atoms with van der Waals surface area (Å²) in [6, 6.07) is 7.70. The first-order chi connectivity index (χ1) is 12.1. The van der Waals surface area contributed by atoms with E-state index in [4.69, 9.17) is 9.84 Å². The highest BCUT2D eigenvalue weighted by molar-refractivity contribution is 5.86. The Labute approximate surface area is 148 Å². The van der Waals surface area contributed by atoms with Gasteiger partial charge in [-0.15, -0.1) is 0 Å². The number of amides is 1. The number of hydrogen-bond donors (Lipinski definition) is 1. The number of aliphatic carboxylic acids is 1. The lowest BCUT2D eigenvalue weighted by atomic mass is 10.1. The molecule has 0 aliphatic carbocycles. The minimum Gasteiger partial charge on any atom is -0.492 e. The first-order valence-corrected chi connectivity index (χ1v) is 9.07. The third kappa shape index (κ3) is 4.72. The number of piperidine rings is 1. The van der Waals surface area contributed by atoms with E-state index in [1.54, 1.807) is 4.90 Å². The Balaban J connectivity index is 1.55. The Morgan fingerprint density at radius 1 is 1.20 bits per heavy atom. The average molecular weight is 346 g/mol. The molecule has 2 fully saturated rings. The van der Waals surface area contributed by atoms with Crippen molar-refractivity contribution < 1.29 is 19.4 Å². The molecule has 3 rings (SSSR count). The molecule has 136 valence electrons. The molecular weight excluding hydrogens is 320 g/mol. The van der Waals surface area contributed by atoms with Gasteiger partial charge in [-0.25, -0.2) is 0 Å². The zero-order valence-electron chi connectivity index (χ0n) is 14.5. The van der Waals surface area contributed by atoms with Crippen LogP contribution in [0.25, 0.3) is 0 Å². The molecule has 1 amide bonds. The second-order valence-electron chi connectivity index (χ2n) is 6.87. The van der Waals surface area contributed by atoms with E-state index >= 15 is 0 Å². The van der Waals surface area contributed by atoms with E-state index in [1.807, 2.05) is 24.3 Å². The van der Waals surface area contributed by atoms with Gasteiger partial charge in [-0.3, -0.25) is 14.5 Å². The van der Waals surface area contributed by atoms with Crippen LogP contribution in [-0.4, -0.2) is 59.6 Å². The summed E-state index contributed by atoms with van der Waals surface area (Å²) in [6.07, 6.45) is 3.94. The predicted octanol–water partition coefficient (Wildman–Crippen LogP) is 1.98. The zero-order valence-corrected chi connectivity index (χ0v) is 14.5. The molecule has 25 heavy (non-hydrogen) atoms. The molecule has 0 radical (unpaired) electrons. The average Bonchev–Trinajstić information content (AvgIpc) is 2.98. The van der Waals surface area contributed by atoms with Gasteiger partial charge < -0.3 is 14.7 Å².